The number of ether oxygens (including phenoxy) is 3. The molecule has 0 radical (unpaired) electrons. The minimum absolute atomic E-state index is 0.263. The first-order valence-corrected chi connectivity index (χ1v) is 9.01. The van der Waals surface area contributed by atoms with Crippen LogP contribution < -0.4 is 14.8 Å². The molecule has 0 spiro atoms. The number of hydrogen-bond donors (Lipinski definition) is 1. The van der Waals surface area contributed by atoms with Gasteiger partial charge in [0.2, 0.25) is 0 Å². The lowest BCUT2D eigenvalue weighted by Crippen LogP contribution is -2.42. The summed E-state index contributed by atoms with van der Waals surface area (Å²) in [6.07, 6.45) is -0.299. The maximum absolute atomic E-state index is 12.4. The van der Waals surface area contributed by atoms with Gasteiger partial charge in [-0.15, -0.1) is 0 Å². The molecule has 4 rings (SSSR count). The average Bonchev–Trinajstić information content (AvgIpc) is 2.75. The number of hydrogen-bond acceptors (Lipinski definition) is 5. The second-order valence-electron chi connectivity index (χ2n) is 6.40. The van der Waals surface area contributed by atoms with Gasteiger partial charge >= 0.3 is 5.97 Å². The van der Waals surface area contributed by atoms with Gasteiger partial charge in [-0.3, -0.25) is 4.79 Å². The molecule has 0 saturated heterocycles. The smallest absolute Gasteiger partial charge is 0.339 e. The zero-order valence-electron chi connectivity index (χ0n) is 15.1. The van der Waals surface area contributed by atoms with E-state index in [0.29, 0.717) is 23.7 Å². The number of carbonyl (C=O) groups is 2. The Kier molecular flexibility index (Phi) is 5.10. The summed E-state index contributed by atoms with van der Waals surface area (Å²) in [7, 11) is 0. The first kappa shape index (κ1) is 17.9. The van der Waals surface area contributed by atoms with E-state index in [2.05, 4.69) is 5.32 Å². The van der Waals surface area contributed by atoms with Crippen molar-refractivity contribution < 1.29 is 23.8 Å². The number of rotatable bonds is 5. The van der Waals surface area contributed by atoms with Crippen molar-refractivity contribution in [3.63, 3.8) is 0 Å². The van der Waals surface area contributed by atoms with Crippen molar-refractivity contribution in [3.05, 3.63) is 72.3 Å². The quantitative estimate of drug-likeness (QED) is 0.692. The molecule has 142 valence electrons. The van der Waals surface area contributed by atoms with Crippen molar-refractivity contribution in [2.24, 2.45) is 0 Å². The van der Waals surface area contributed by atoms with Gasteiger partial charge in [-0.2, -0.15) is 0 Å². The van der Waals surface area contributed by atoms with E-state index >= 15 is 0 Å². The van der Waals surface area contributed by atoms with Crippen LogP contribution in [0.3, 0.4) is 0 Å². The normalized spacial score (nSPS) is 15.1. The Balaban J connectivity index is 1.28. The van der Waals surface area contributed by atoms with E-state index in [4.69, 9.17) is 14.2 Å². The first-order valence-electron chi connectivity index (χ1n) is 9.01. The molecule has 1 aliphatic heterocycles. The van der Waals surface area contributed by atoms with Crippen molar-refractivity contribution in [1.29, 1.82) is 0 Å². The molecule has 0 fully saturated rings. The second-order valence-corrected chi connectivity index (χ2v) is 6.40. The van der Waals surface area contributed by atoms with Gasteiger partial charge in [-0.1, -0.05) is 48.5 Å². The molecule has 1 amide bonds. The number of amides is 1. The molecular formula is C22H19NO5. The summed E-state index contributed by atoms with van der Waals surface area (Å²) in [6.45, 7) is 0.248. The molecular weight excluding hydrogens is 358 g/mol. The molecule has 3 aromatic rings. The predicted molar refractivity (Wildman–Crippen MR) is 104 cm³/mol. The van der Waals surface area contributed by atoms with Gasteiger partial charge in [0, 0.05) is 0 Å². The molecule has 1 N–H and O–H groups in total. The van der Waals surface area contributed by atoms with E-state index in [1.54, 1.807) is 12.1 Å². The highest BCUT2D eigenvalue weighted by atomic mass is 16.6. The van der Waals surface area contributed by atoms with E-state index in [-0.39, 0.29) is 19.3 Å². The number of para-hydroxylation sites is 2. The zero-order chi connectivity index (χ0) is 19.3. The largest absolute Gasteiger partial charge is 0.486 e. The van der Waals surface area contributed by atoms with Crippen LogP contribution in [0.15, 0.2) is 66.7 Å². The molecule has 6 nitrogen and oxygen atoms in total. The van der Waals surface area contributed by atoms with Crippen LogP contribution in [0, 0.1) is 0 Å². The van der Waals surface area contributed by atoms with Gasteiger partial charge < -0.3 is 19.5 Å². The van der Waals surface area contributed by atoms with Crippen LogP contribution in [-0.4, -0.2) is 37.7 Å². The van der Waals surface area contributed by atoms with E-state index in [0.717, 1.165) is 10.8 Å². The fraction of sp³-hybridized carbons (Fsp3) is 0.182. The number of nitrogens with one attached hydrogen (secondary N) is 1. The van der Waals surface area contributed by atoms with Crippen molar-refractivity contribution in [2.75, 3.05) is 19.8 Å². The van der Waals surface area contributed by atoms with Crippen LogP contribution in [0.25, 0.3) is 10.8 Å². The Bertz CT molecular complexity index is 1010. The van der Waals surface area contributed by atoms with Crippen LogP contribution in [0.2, 0.25) is 0 Å². The Labute approximate surface area is 162 Å². The van der Waals surface area contributed by atoms with E-state index in [1.165, 1.54) is 0 Å². The SMILES string of the molecule is O=C(COC(=O)c1cccc2ccccc12)NC[C@H]1COc2ccccc2O1. The van der Waals surface area contributed by atoms with E-state index in [1.807, 2.05) is 54.6 Å². The number of esters is 1. The lowest BCUT2D eigenvalue weighted by atomic mass is 10.1. The van der Waals surface area contributed by atoms with E-state index < -0.39 is 11.9 Å². The van der Waals surface area contributed by atoms with Crippen molar-refractivity contribution in [2.45, 2.75) is 6.10 Å². The third-order valence-electron chi connectivity index (χ3n) is 4.44. The van der Waals surface area contributed by atoms with Crippen LogP contribution >= 0.6 is 0 Å². The van der Waals surface area contributed by atoms with Gasteiger partial charge in [-0.05, 0) is 29.0 Å². The van der Waals surface area contributed by atoms with Crippen LogP contribution in [0.4, 0.5) is 0 Å². The molecule has 0 saturated carbocycles. The maximum Gasteiger partial charge on any atom is 0.339 e. The monoisotopic (exact) mass is 377 g/mol. The summed E-state index contributed by atoms with van der Waals surface area (Å²) in [5.41, 5.74) is 0.437. The van der Waals surface area contributed by atoms with Crippen molar-refractivity contribution in [3.8, 4) is 11.5 Å². The Hall–Kier alpha value is -3.54. The Morgan fingerprint density at radius 2 is 1.71 bits per heavy atom. The highest BCUT2D eigenvalue weighted by Crippen LogP contribution is 2.30. The molecule has 3 aromatic carbocycles. The number of carbonyl (C=O) groups excluding carboxylic acids is 2. The molecule has 0 aromatic heterocycles. The molecule has 1 heterocycles. The lowest BCUT2D eigenvalue weighted by Gasteiger charge is -2.26. The molecule has 1 atom stereocenters. The predicted octanol–water partition coefficient (Wildman–Crippen LogP) is 2.95. The van der Waals surface area contributed by atoms with Crippen LogP contribution in [-0.2, 0) is 9.53 Å². The Morgan fingerprint density at radius 1 is 0.964 bits per heavy atom. The minimum atomic E-state index is -0.530. The highest BCUT2D eigenvalue weighted by Gasteiger charge is 2.21. The first-order chi connectivity index (χ1) is 13.7. The number of benzene rings is 3. The average molecular weight is 377 g/mol. The zero-order valence-corrected chi connectivity index (χ0v) is 15.1. The molecule has 0 aliphatic carbocycles. The summed E-state index contributed by atoms with van der Waals surface area (Å²) >= 11 is 0. The summed E-state index contributed by atoms with van der Waals surface area (Å²) in [5.74, 6) is 0.415. The highest BCUT2D eigenvalue weighted by molar-refractivity contribution is 6.04. The summed E-state index contributed by atoms with van der Waals surface area (Å²) in [4.78, 5) is 24.4. The third-order valence-corrected chi connectivity index (χ3v) is 4.44. The lowest BCUT2D eigenvalue weighted by molar-refractivity contribution is -0.124. The summed E-state index contributed by atoms with van der Waals surface area (Å²) < 4.78 is 16.6. The van der Waals surface area contributed by atoms with Gasteiger partial charge in [0.1, 0.15) is 12.7 Å². The second kappa shape index (κ2) is 8.00. The summed E-state index contributed by atoms with van der Waals surface area (Å²) in [6, 6.07) is 20.3. The van der Waals surface area contributed by atoms with Gasteiger partial charge in [0.25, 0.3) is 5.91 Å². The summed E-state index contributed by atoms with van der Waals surface area (Å²) in [5, 5.41) is 4.44. The van der Waals surface area contributed by atoms with Crippen molar-refractivity contribution in [1.82, 2.24) is 5.32 Å². The van der Waals surface area contributed by atoms with Crippen LogP contribution in [0.5, 0.6) is 11.5 Å². The molecule has 0 unspecified atom stereocenters. The number of fused-ring (bicyclic) bond motifs is 2. The van der Waals surface area contributed by atoms with Gasteiger partial charge in [-0.25, -0.2) is 4.79 Å². The fourth-order valence-corrected chi connectivity index (χ4v) is 3.05. The Morgan fingerprint density at radius 3 is 2.61 bits per heavy atom. The van der Waals surface area contributed by atoms with Crippen LogP contribution in [0.1, 0.15) is 10.4 Å². The molecule has 1 aliphatic rings. The molecule has 28 heavy (non-hydrogen) atoms. The van der Waals surface area contributed by atoms with Gasteiger partial charge in [0.05, 0.1) is 12.1 Å². The molecule has 6 heteroatoms. The van der Waals surface area contributed by atoms with Gasteiger partial charge in [0.15, 0.2) is 18.1 Å². The van der Waals surface area contributed by atoms with Crippen molar-refractivity contribution >= 4 is 22.6 Å². The molecule has 0 bridgehead atoms. The standard InChI is InChI=1S/C22H19NO5/c24-21(23-12-16-13-26-19-10-3-4-11-20(19)28-16)14-27-22(25)18-9-5-7-15-6-1-2-8-17(15)18/h1-11,16H,12-14H2,(H,23,24)/t16-/m0/s1. The third kappa shape index (κ3) is 3.91. The maximum atomic E-state index is 12.4. The fourth-order valence-electron chi connectivity index (χ4n) is 3.05. The topological polar surface area (TPSA) is 73.9 Å². The minimum Gasteiger partial charge on any atom is -0.486 e. The van der Waals surface area contributed by atoms with E-state index in [9.17, 15) is 9.59 Å².